The predicted octanol–water partition coefficient (Wildman–Crippen LogP) is 0.476. The number of primary amides is 1. The Morgan fingerprint density at radius 2 is 1.67 bits per heavy atom. The van der Waals surface area contributed by atoms with E-state index in [1.807, 2.05) is 13.8 Å². The molecule has 0 aromatic carbocycles. The van der Waals surface area contributed by atoms with Gasteiger partial charge in [-0.2, -0.15) is 0 Å². The van der Waals surface area contributed by atoms with Crippen LogP contribution >= 0.6 is 0 Å². The Balaban J connectivity index is 3.60. The van der Waals surface area contributed by atoms with Crippen LogP contribution < -0.4 is 16.4 Å². The Labute approximate surface area is 93.0 Å². The molecule has 0 aromatic rings. The van der Waals surface area contributed by atoms with Gasteiger partial charge in [-0.25, -0.2) is 0 Å². The lowest BCUT2D eigenvalue weighted by Crippen LogP contribution is -2.44. The predicted molar refractivity (Wildman–Crippen MR) is 63.6 cm³/mol. The van der Waals surface area contributed by atoms with E-state index in [4.69, 9.17) is 5.73 Å². The minimum Gasteiger partial charge on any atom is -0.369 e. The van der Waals surface area contributed by atoms with Crippen LogP contribution in [-0.2, 0) is 4.79 Å². The molecule has 0 aliphatic heterocycles. The van der Waals surface area contributed by atoms with Gasteiger partial charge in [0.05, 0.1) is 5.41 Å². The van der Waals surface area contributed by atoms with Gasteiger partial charge < -0.3 is 16.4 Å². The monoisotopic (exact) mass is 215 g/mol. The van der Waals surface area contributed by atoms with Crippen LogP contribution in [0.5, 0.6) is 0 Å². The van der Waals surface area contributed by atoms with Gasteiger partial charge in [0.2, 0.25) is 5.91 Å². The molecular formula is C11H25N3O. The number of hydrogen-bond acceptors (Lipinski definition) is 3. The van der Waals surface area contributed by atoms with E-state index in [9.17, 15) is 4.79 Å². The summed E-state index contributed by atoms with van der Waals surface area (Å²) in [6, 6.07) is 0. The van der Waals surface area contributed by atoms with Crippen molar-refractivity contribution in [2.24, 2.45) is 11.1 Å². The number of carbonyl (C=O) groups excluding carboxylic acids is 1. The summed E-state index contributed by atoms with van der Waals surface area (Å²) >= 11 is 0. The summed E-state index contributed by atoms with van der Waals surface area (Å²) in [5, 5.41) is 6.57. The van der Waals surface area contributed by atoms with E-state index in [1.165, 1.54) is 0 Å². The van der Waals surface area contributed by atoms with Crippen molar-refractivity contribution in [2.75, 3.05) is 19.6 Å². The summed E-state index contributed by atoms with van der Waals surface area (Å²) in [5.74, 6) is -0.265. The Kier molecular flexibility index (Phi) is 5.24. The number of nitrogens with one attached hydrogen (secondary N) is 2. The number of nitrogens with two attached hydrogens (primary N) is 1. The van der Waals surface area contributed by atoms with Gasteiger partial charge in [0, 0.05) is 25.2 Å². The van der Waals surface area contributed by atoms with Gasteiger partial charge in [-0.3, -0.25) is 4.79 Å². The Morgan fingerprint density at radius 3 is 2.07 bits per heavy atom. The number of hydrogen-bond donors (Lipinski definition) is 3. The van der Waals surface area contributed by atoms with E-state index < -0.39 is 5.41 Å². The summed E-state index contributed by atoms with van der Waals surface area (Å²) in [5.41, 5.74) is 4.93. The molecule has 0 rings (SSSR count). The van der Waals surface area contributed by atoms with Crippen molar-refractivity contribution in [3.05, 3.63) is 0 Å². The lowest BCUT2D eigenvalue weighted by molar-refractivity contribution is -0.125. The van der Waals surface area contributed by atoms with Crippen molar-refractivity contribution >= 4 is 5.91 Å². The summed E-state index contributed by atoms with van der Waals surface area (Å²) in [4.78, 5) is 11.0. The van der Waals surface area contributed by atoms with Crippen LogP contribution in [0.4, 0.5) is 0 Å². The number of rotatable bonds is 6. The summed E-state index contributed by atoms with van der Waals surface area (Å²) in [6.07, 6.45) is 0. The van der Waals surface area contributed by atoms with E-state index in [0.717, 1.165) is 13.1 Å². The molecule has 4 N–H and O–H groups in total. The smallest absolute Gasteiger partial charge is 0.224 e. The first-order valence-electron chi connectivity index (χ1n) is 5.41. The maximum absolute atomic E-state index is 11.0. The maximum atomic E-state index is 11.0. The molecule has 4 heteroatoms. The highest BCUT2D eigenvalue weighted by molar-refractivity contribution is 5.80. The normalized spacial score (nSPS) is 12.9. The minimum absolute atomic E-state index is 0.140. The molecule has 1 amide bonds. The van der Waals surface area contributed by atoms with Crippen LogP contribution in [0.1, 0.15) is 34.6 Å². The number of carbonyl (C=O) groups is 1. The zero-order valence-electron chi connectivity index (χ0n) is 10.6. The van der Waals surface area contributed by atoms with Gasteiger partial charge in [-0.05, 0) is 34.6 Å². The molecule has 0 saturated carbocycles. The third-order valence-electron chi connectivity index (χ3n) is 2.19. The summed E-state index contributed by atoms with van der Waals surface area (Å²) < 4.78 is 0. The second-order valence-corrected chi connectivity index (χ2v) is 5.60. The molecule has 0 aliphatic rings. The lowest BCUT2D eigenvalue weighted by Gasteiger charge is -2.23. The van der Waals surface area contributed by atoms with Crippen molar-refractivity contribution < 1.29 is 4.79 Å². The average molecular weight is 215 g/mol. The van der Waals surface area contributed by atoms with Gasteiger partial charge in [-0.1, -0.05) is 0 Å². The Bertz CT molecular complexity index is 206. The molecule has 0 fully saturated rings. The van der Waals surface area contributed by atoms with E-state index >= 15 is 0 Å². The number of amides is 1. The quantitative estimate of drug-likeness (QED) is 0.564. The summed E-state index contributed by atoms with van der Waals surface area (Å²) in [6.45, 7) is 12.4. The molecule has 0 radical (unpaired) electrons. The highest BCUT2D eigenvalue weighted by Crippen LogP contribution is 2.11. The zero-order chi connectivity index (χ0) is 12.1. The third-order valence-corrected chi connectivity index (χ3v) is 2.19. The van der Waals surface area contributed by atoms with Crippen LogP contribution in [-0.4, -0.2) is 31.1 Å². The second kappa shape index (κ2) is 5.47. The molecule has 0 saturated heterocycles. The highest BCUT2D eigenvalue weighted by Gasteiger charge is 2.23. The maximum Gasteiger partial charge on any atom is 0.224 e. The van der Waals surface area contributed by atoms with Crippen molar-refractivity contribution in [3.63, 3.8) is 0 Å². The topological polar surface area (TPSA) is 67.2 Å². The largest absolute Gasteiger partial charge is 0.369 e. The van der Waals surface area contributed by atoms with E-state index in [-0.39, 0.29) is 11.4 Å². The van der Waals surface area contributed by atoms with Gasteiger partial charge in [-0.15, -0.1) is 0 Å². The molecule has 0 aromatic heterocycles. The molecule has 0 heterocycles. The molecule has 0 spiro atoms. The highest BCUT2D eigenvalue weighted by atomic mass is 16.1. The average Bonchev–Trinajstić information content (AvgIpc) is 2.00. The van der Waals surface area contributed by atoms with Gasteiger partial charge in [0.15, 0.2) is 0 Å². The molecule has 0 atom stereocenters. The van der Waals surface area contributed by atoms with Crippen molar-refractivity contribution in [1.82, 2.24) is 10.6 Å². The Morgan fingerprint density at radius 1 is 1.13 bits per heavy atom. The van der Waals surface area contributed by atoms with E-state index in [1.54, 1.807) is 0 Å². The summed E-state index contributed by atoms with van der Waals surface area (Å²) in [7, 11) is 0. The van der Waals surface area contributed by atoms with Crippen LogP contribution in [0.2, 0.25) is 0 Å². The van der Waals surface area contributed by atoms with Gasteiger partial charge >= 0.3 is 0 Å². The molecule has 15 heavy (non-hydrogen) atoms. The van der Waals surface area contributed by atoms with Crippen LogP contribution in [0.25, 0.3) is 0 Å². The van der Waals surface area contributed by atoms with Crippen LogP contribution in [0, 0.1) is 5.41 Å². The third kappa shape index (κ3) is 7.33. The lowest BCUT2D eigenvalue weighted by atomic mass is 9.93. The standard InChI is InChI=1S/C11H25N3O/c1-10(2,3)14-7-6-13-8-11(4,5)9(12)15/h13-14H,6-8H2,1-5H3,(H2,12,15). The van der Waals surface area contributed by atoms with E-state index in [0.29, 0.717) is 6.54 Å². The SMILES string of the molecule is CC(C)(C)NCCNCC(C)(C)C(N)=O. The van der Waals surface area contributed by atoms with Crippen LogP contribution in [0.3, 0.4) is 0 Å². The van der Waals surface area contributed by atoms with Gasteiger partial charge in [0.25, 0.3) is 0 Å². The molecule has 0 bridgehead atoms. The first-order chi connectivity index (χ1) is 6.65. The molecule has 0 aliphatic carbocycles. The first kappa shape index (κ1) is 14.4. The molecule has 4 nitrogen and oxygen atoms in total. The zero-order valence-corrected chi connectivity index (χ0v) is 10.6. The van der Waals surface area contributed by atoms with Crippen molar-refractivity contribution in [1.29, 1.82) is 0 Å². The fourth-order valence-electron chi connectivity index (χ4n) is 1.01. The molecule has 90 valence electrons. The minimum atomic E-state index is -0.471. The fraction of sp³-hybridized carbons (Fsp3) is 0.909. The Hall–Kier alpha value is -0.610. The molecular weight excluding hydrogens is 190 g/mol. The first-order valence-corrected chi connectivity index (χ1v) is 5.41. The van der Waals surface area contributed by atoms with Crippen LogP contribution in [0.15, 0.2) is 0 Å². The molecule has 0 unspecified atom stereocenters. The van der Waals surface area contributed by atoms with Crippen molar-refractivity contribution in [3.8, 4) is 0 Å². The fourth-order valence-corrected chi connectivity index (χ4v) is 1.01. The van der Waals surface area contributed by atoms with Gasteiger partial charge in [0.1, 0.15) is 0 Å². The van der Waals surface area contributed by atoms with E-state index in [2.05, 4.69) is 31.4 Å². The van der Waals surface area contributed by atoms with Crippen molar-refractivity contribution in [2.45, 2.75) is 40.2 Å². The second-order valence-electron chi connectivity index (χ2n) is 5.60.